The third-order valence-electron chi connectivity index (χ3n) is 6.53. The molecule has 1 aliphatic carbocycles. The molecule has 1 saturated heterocycles. The number of likely N-dealkylation sites (tertiary alicyclic amines) is 1. The Balaban J connectivity index is 1.24. The fraction of sp³-hybridized carbons (Fsp3) is 0.652. The number of ether oxygens (including phenoxy) is 2. The molecule has 1 amide bonds. The van der Waals surface area contributed by atoms with Gasteiger partial charge in [-0.2, -0.15) is 0 Å². The van der Waals surface area contributed by atoms with Crippen molar-refractivity contribution in [2.45, 2.75) is 51.5 Å². The Morgan fingerprint density at radius 3 is 2.41 bits per heavy atom. The number of piperidine rings is 1. The van der Waals surface area contributed by atoms with Crippen molar-refractivity contribution in [3.05, 3.63) is 23.8 Å². The summed E-state index contributed by atoms with van der Waals surface area (Å²) in [6.07, 6.45) is 6.19. The first-order valence-electron chi connectivity index (χ1n) is 11.0. The summed E-state index contributed by atoms with van der Waals surface area (Å²) in [5.74, 6) is 2.46. The number of nitrogens with zero attached hydrogens (tertiary/aromatic N) is 1. The van der Waals surface area contributed by atoms with Crippen LogP contribution < -0.4 is 14.8 Å². The number of carbonyl (C=O) groups excluding carboxylic acids is 2. The van der Waals surface area contributed by atoms with Crippen molar-refractivity contribution in [3.63, 3.8) is 0 Å². The quantitative estimate of drug-likeness (QED) is 0.770. The second-order valence-corrected chi connectivity index (χ2v) is 8.80. The summed E-state index contributed by atoms with van der Waals surface area (Å²) >= 11 is 0. The first-order chi connectivity index (χ1) is 14.1. The zero-order chi connectivity index (χ0) is 20.2. The fourth-order valence-corrected chi connectivity index (χ4v) is 4.67. The summed E-state index contributed by atoms with van der Waals surface area (Å²) in [5.41, 5.74) is 0.692. The number of nitrogens with one attached hydrogen (secondary N) is 1. The van der Waals surface area contributed by atoms with Gasteiger partial charge in [0.15, 0.2) is 17.3 Å². The van der Waals surface area contributed by atoms with E-state index in [0.29, 0.717) is 42.9 Å². The van der Waals surface area contributed by atoms with Crippen LogP contribution in [-0.2, 0) is 4.79 Å². The third-order valence-corrected chi connectivity index (χ3v) is 6.53. The van der Waals surface area contributed by atoms with Gasteiger partial charge in [0.1, 0.15) is 13.2 Å². The average molecular weight is 401 g/mol. The molecule has 1 saturated carbocycles. The lowest BCUT2D eigenvalue weighted by molar-refractivity contribution is -0.123. The minimum Gasteiger partial charge on any atom is -0.486 e. The van der Waals surface area contributed by atoms with Gasteiger partial charge in [-0.25, -0.2) is 0 Å². The van der Waals surface area contributed by atoms with Crippen LogP contribution in [0.5, 0.6) is 11.5 Å². The lowest BCUT2D eigenvalue weighted by Crippen LogP contribution is -2.46. The third kappa shape index (κ3) is 5.10. The van der Waals surface area contributed by atoms with Gasteiger partial charge in [-0.15, -0.1) is 0 Å². The maximum absolute atomic E-state index is 12.9. The molecule has 0 bridgehead atoms. The molecule has 6 nitrogen and oxygen atoms in total. The van der Waals surface area contributed by atoms with E-state index in [1.807, 2.05) is 18.2 Å². The molecule has 3 aliphatic rings. The number of ketones is 1. The van der Waals surface area contributed by atoms with Crippen LogP contribution >= 0.6 is 0 Å². The molecule has 2 fully saturated rings. The summed E-state index contributed by atoms with van der Waals surface area (Å²) < 4.78 is 11.1. The van der Waals surface area contributed by atoms with Crippen LogP contribution in [0.25, 0.3) is 0 Å². The van der Waals surface area contributed by atoms with Gasteiger partial charge in [-0.1, -0.05) is 6.92 Å². The van der Waals surface area contributed by atoms with Crippen molar-refractivity contribution in [3.8, 4) is 11.5 Å². The van der Waals surface area contributed by atoms with Crippen LogP contribution in [0.1, 0.15) is 55.8 Å². The second kappa shape index (κ2) is 9.16. The SMILES string of the molecule is CC1CCC(NC(=O)CN2CCC(C(=O)c3ccc4c(c3)OCCO4)CC2)CC1. The monoisotopic (exact) mass is 400 g/mol. The van der Waals surface area contributed by atoms with Crippen molar-refractivity contribution >= 4 is 11.7 Å². The Morgan fingerprint density at radius 1 is 1.00 bits per heavy atom. The predicted octanol–water partition coefficient (Wildman–Crippen LogP) is 3.05. The molecule has 0 atom stereocenters. The van der Waals surface area contributed by atoms with E-state index in [4.69, 9.17) is 9.47 Å². The van der Waals surface area contributed by atoms with Gasteiger partial charge in [0.2, 0.25) is 5.91 Å². The molecule has 2 aliphatic heterocycles. The lowest BCUT2D eigenvalue weighted by atomic mass is 9.87. The molecule has 0 unspecified atom stereocenters. The number of carbonyl (C=O) groups is 2. The van der Waals surface area contributed by atoms with Crippen LogP contribution in [0.15, 0.2) is 18.2 Å². The Kier molecular flexibility index (Phi) is 6.38. The van der Waals surface area contributed by atoms with E-state index in [1.165, 1.54) is 12.8 Å². The number of benzene rings is 1. The van der Waals surface area contributed by atoms with Crippen molar-refractivity contribution in [2.75, 3.05) is 32.8 Å². The molecule has 1 aromatic carbocycles. The summed E-state index contributed by atoms with van der Waals surface area (Å²) in [6.45, 7) is 5.37. The zero-order valence-corrected chi connectivity index (χ0v) is 17.3. The first kappa shape index (κ1) is 20.2. The highest BCUT2D eigenvalue weighted by atomic mass is 16.6. The largest absolute Gasteiger partial charge is 0.486 e. The topological polar surface area (TPSA) is 67.9 Å². The number of Topliss-reactive ketones (excluding diaryl/α,β-unsaturated/α-hetero) is 1. The summed E-state index contributed by atoms with van der Waals surface area (Å²) in [5, 5.41) is 3.20. The van der Waals surface area contributed by atoms with Crippen LogP contribution in [0.4, 0.5) is 0 Å². The van der Waals surface area contributed by atoms with Gasteiger partial charge in [0.25, 0.3) is 0 Å². The van der Waals surface area contributed by atoms with E-state index >= 15 is 0 Å². The summed E-state index contributed by atoms with van der Waals surface area (Å²) in [7, 11) is 0. The number of rotatable bonds is 5. The minimum atomic E-state index is 0.0108. The van der Waals surface area contributed by atoms with E-state index in [-0.39, 0.29) is 17.6 Å². The molecule has 4 rings (SSSR count). The second-order valence-electron chi connectivity index (χ2n) is 8.80. The van der Waals surface area contributed by atoms with Crippen molar-refractivity contribution in [2.24, 2.45) is 11.8 Å². The molecular weight excluding hydrogens is 368 g/mol. The molecule has 29 heavy (non-hydrogen) atoms. The molecule has 0 radical (unpaired) electrons. The Morgan fingerprint density at radius 2 is 1.69 bits per heavy atom. The average Bonchev–Trinajstić information content (AvgIpc) is 2.75. The van der Waals surface area contributed by atoms with E-state index in [0.717, 1.165) is 44.7 Å². The van der Waals surface area contributed by atoms with Gasteiger partial charge < -0.3 is 14.8 Å². The van der Waals surface area contributed by atoms with Crippen LogP contribution in [0.2, 0.25) is 0 Å². The summed E-state index contributed by atoms with van der Waals surface area (Å²) in [6, 6.07) is 5.81. The van der Waals surface area contributed by atoms with Gasteiger partial charge in [0, 0.05) is 17.5 Å². The van der Waals surface area contributed by atoms with E-state index in [1.54, 1.807) is 0 Å². The normalized spacial score (nSPS) is 25.4. The molecule has 1 aromatic rings. The Bertz CT molecular complexity index is 734. The highest BCUT2D eigenvalue weighted by Crippen LogP contribution is 2.32. The maximum Gasteiger partial charge on any atom is 0.234 e. The van der Waals surface area contributed by atoms with E-state index < -0.39 is 0 Å². The number of hydrogen-bond donors (Lipinski definition) is 1. The van der Waals surface area contributed by atoms with Crippen LogP contribution in [0, 0.1) is 11.8 Å². The molecule has 1 N–H and O–H groups in total. The van der Waals surface area contributed by atoms with Gasteiger partial charge in [-0.05, 0) is 75.7 Å². The molecule has 0 aromatic heterocycles. The summed E-state index contributed by atoms with van der Waals surface area (Å²) in [4.78, 5) is 27.5. The van der Waals surface area contributed by atoms with Crippen molar-refractivity contribution in [1.82, 2.24) is 10.2 Å². The number of hydrogen-bond acceptors (Lipinski definition) is 5. The highest BCUT2D eigenvalue weighted by Gasteiger charge is 2.28. The minimum absolute atomic E-state index is 0.0108. The first-order valence-corrected chi connectivity index (χ1v) is 11.0. The van der Waals surface area contributed by atoms with E-state index in [9.17, 15) is 9.59 Å². The zero-order valence-electron chi connectivity index (χ0n) is 17.3. The molecule has 2 heterocycles. The van der Waals surface area contributed by atoms with Gasteiger partial charge in [-0.3, -0.25) is 14.5 Å². The standard InChI is InChI=1S/C23H32N2O4/c1-16-2-5-19(6-3-16)24-22(26)15-25-10-8-17(9-11-25)23(27)18-4-7-20-21(14-18)29-13-12-28-20/h4,7,14,16-17,19H,2-3,5-6,8-13,15H2,1H3,(H,24,26). The van der Waals surface area contributed by atoms with Crippen LogP contribution in [-0.4, -0.2) is 55.5 Å². The van der Waals surface area contributed by atoms with Gasteiger partial charge >= 0.3 is 0 Å². The Hall–Kier alpha value is -2.08. The molecule has 0 spiro atoms. The predicted molar refractivity (Wildman–Crippen MR) is 110 cm³/mol. The van der Waals surface area contributed by atoms with Crippen molar-refractivity contribution in [1.29, 1.82) is 0 Å². The van der Waals surface area contributed by atoms with Crippen molar-refractivity contribution < 1.29 is 19.1 Å². The smallest absolute Gasteiger partial charge is 0.234 e. The molecular formula is C23H32N2O4. The number of fused-ring (bicyclic) bond motifs is 1. The fourth-order valence-electron chi connectivity index (χ4n) is 4.67. The van der Waals surface area contributed by atoms with Gasteiger partial charge in [0.05, 0.1) is 6.54 Å². The van der Waals surface area contributed by atoms with Crippen LogP contribution in [0.3, 0.4) is 0 Å². The Labute approximate surface area is 172 Å². The van der Waals surface area contributed by atoms with E-state index in [2.05, 4.69) is 17.1 Å². The molecule has 158 valence electrons. The molecule has 6 heteroatoms. The maximum atomic E-state index is 12.9. The number of amides is 1. The lowest BCUT2D eigenvalue weighted by Gasteiger charge is -2.32. The highest BCUT2D eigenvalue weighted by molar-refractivity contribution is 5.98.